The van der Waals surface area contributed by atoms with Gasteiger partial charge in [-0.25, -0.2) is 0 Å². The average Bonchev–Trinajstić information content (AvgIpc) is 2.15. The SMILES string of the molecule is CCCN(CCC)C(=O)[C@@H](Br)CC. The minimum absolute atomic E-state index is 0.00519. The van der Waals surface area contributed by atoms with E-state index in [1.54, 1.807) is 0 Å². The molecule has 78 valence electrons. The molecule has 0 N–H and O–H groups in total. The minimum atomic E-state index is 0.00519. The summed E-state index contributed by atoms with van der Waals surface area (Å²) in [5, 5.41) is 0. The fraction of sp³-hybridized carbons (Fsp3) is 0.900. The van der Waals surface area contributed by atoms with Gasteiger partial charge < -0.3 is 4.90 Å². The molecule has 0 aliphatic carbocycles. The van der Waals surface area contributed by atoms with Crippen LogP contribution in [-0.2, 0) is 4.79 Å². The number of amides is 1. The number of halogens is 1. The predicted octanol–water partition coefficient (Wildman–Crippen LogP) is 2.81. The molecule has 0 aromatic carbocycles. The number of nitrogens with zero attached hydrogens (tertiary/aromatic N) is 1. The van der Waals surface area contributed by atoms with Gasteiger partial charge >= 0.3 is 0 Å². The van der Waals surface area contributed by atoms with Crippen LogP contribution < -0.4 is 0 Å². The Labute approximate surface area is 89.8 Å². The molecular weight excluding hydrogens is 230 g/mol. The standard InChI is InChI=1S/C10H20BrNO/c1-4-7-12(8-5-2)10(13)9(11)6-3/h9H,4-8H2,1-3H3/t9-/m0/s1. The van der Waals surface area contributed by atoms with Crippen molar-refractivity contribution in [1.29, 1.82) is 0 Å². The molecule has 0 bridgehead atoms. The van der Waals surface area contributed by atoms with Crippen molar-refractivity contribution in [2.75, 3.05) is 13.1 Å². The highest BCUT2D eigenvalue weighted by molar-refractivity contribution is 9.10. The molecule has 1 atom stereocenters. The molecule has 0 unspecified atom stereocenters. The second-order valence-electron chi connectivity index (χ2n) is 3.20. The molecule has 0 saturated heterocycles. The van der Waals surface area contributed by atoms with Crippen LogP contribution in [-0.4, -0.2) is 28.7 Å². The first kappa shape index (κ1) is 12.9. The Morgan fingerprint density at radius 2 is 1.69 bits per heavy atom. The highest BCUT2D eigenvalue weighted by Crippen LogP contribution is 2.09. The average molecular weight is 250 g/mol. The summed E-state index contributed by atoms with van der Waals surface area (Å²) in [5.41, 5.74) is 0. The molecule has 0 radical (unpaired) electrons. The molecule has 0 aromatic rings. The number of hydrogen-bond donors (Lipinski definition) is 0. The third-order valence-electron chi connectivity index (χ3n) is 1.93. The van der Waals surface area contributed by atoms with E-state index in [9.17, 15) is 4.79 Å². The van der Waals surface area contributed by atoms with Gasteiger partial charge in [0.1, 0.15) is 0 Å². The van der Waals surface area contributed by atoms with Crippen LogP contribution in [0.5, 0.6) is 0 Å². The van der Waals surface area contributed by atoms with Crippen molar-refractivity contribution >= 4 is 21.8 Å². The van der Waals surface area contributed by atoms with Crippen LogP contribution in [0.4, 0.5) is 0 Å². The Morgan fingerprint density at radius 3 is 2.00 bits per heavy atom. The molecule has 0 aromatic heterocycles. The molecule has 2 nitrogen and oxygen atoms in total. The van der Waals surface area contributed by atoms with E-state index in [2.05, 4.69) is 29.8 Å². The third kappa shape index (κ3) is 4.65. The zero-order chi connectivity index (χ0) is 10.3. The van der Waals surface area contributed by atoms with Crippen molar-refractivity contribution in [3.63, 3.8) is 0 Å². The predicted molar refractivity (Wildman–Crippen MR) is 60.2 cm³/mol. The van der Waals surface area contributed by atoms with Crippen molar-refractivity contribution in [3.8, 4) is 0 Å². The van der Waals surface area contributed by atoms with Gasteiger partial charge in [0.2, 0.25) is 5.91 Å². The molecule has 1 amide bonds. The highest BCUT2D eigenvalue weighted by Gasteiger charge is 2.18. The Bertz CT molecular complexity index is 144. The highest BCUT2D eigenvalue weighted by atomic mass is 79.9. The maximum Gasteiger partial charge on any atom is 0.236 e. The van der Waals surface area contributed by atoms with Crippen LogP contribution in [0.15, 0.2) is 0 Å². The molecule has 13 heavy (non-hydrogen) atoms. The molecule has 0 spiro atoms. The maximum absolute atomic E-state index is 11.7. The van der Waals surface area contributed by atoms with Crippen molar-refractivity contribution < 1.29 is 4.79 Å². The molecule has 0 rings (SSSR count). The first-order chi connectivity index (χ1) is 6.17. The van der Waals surface area contributed by atoms with Crippen molar-refractivity contribution in [1.82, 2.24) is 4.90 Å². The van der Waals surface area contributed by atoms with Gasteiger partial charge in [-0.05, 0) is 19.3 Å². The van der Waals surface area contributed by atoms with Gasteiger partial charge in [-0.3, -0.25) is 4.79 Å². The minimum Gasteiger partial charge on any atom is -0.342 e. The molecule has 0 heterocycles. The van der Waals surface area contributed by atoms with Gasteiger partial charge in [0, 0.05) is 13.1 Å². The van der Waals surface area contributed by atoms with Gasteiger partial charge in [-0.15, -0.1) is 0 Å². The van der Waals surface area contributed by atoms with Crippen molar-refractivity contribution in [3.05, 3.63) is 0 Å². The van der Waals surface area contributed by atoms with E-state index in [0.717, 1.165) is 32.4 Å². The van der Waals surface area contributed by atoms with E-state index >= 15 is 0 Å². The van der Waals surface area contributed by atoms with E-state index in [-0.39, 0.29) is 10.7 Å². The largest absolute Gasteiger partial charge is 0.342 e. The van der Waals surface area contributed by atoms with E-state index in [0.29, 0.717) is 0 Å². The van der Waals surface area contributed by atoms with Gasteiger partial charge in [-0.2, -0.15) is 0 Å². The first-order valence-corrected chi connectivity index (χ1v) is 6.01. The quantitative estimate of drug-likeness (QED) is 0.664. The van der Waals surface area contributed by atoms with Crippen LogP contribution in [0.25, 0.3) is 0 Å². The van der Waals surface area contributed by atoms with Crippen LogP contribution in [0.3, 0.4) is 0 Å². The first-order valence-electron chi connectivity index (χ1n) is 5.10. The van der Waals surface area contributed by atoms with Crippen LogP contribution in [0.1, 0.15) is 40.0 Å². The van der Waals surface area contributed by atoms with Crippen LogP contribution in [0.2, 0.25) is 0 Å². The van der Waals surface area contributed by atoms with Crippen LogP contribution in [0, 0.1) is 0 Å². The summed E-state index contributed by atoms with van der Waals surface area (Å²) in [5.74, 6) is 0.242. The lowest BCUT2D eigenvalue weighted by molar-refractivity contribution is -0.130. The lowest BCUT2D eigenvalue weighted by Gasteiger charge is -2.23. The molecule has 0 aliphatic heterocycles. The smallest absolute Gasteiger partial charge is 0.236 e. The number of carbonyl (C=O) groups is 1. The zero-order valence-electron chi connectivity index (χ0n) is 8.85. The number of alkyl halides is 1. The Morgan fingerprint density at radius 1 is 1.23 bits per heavy atom. The van der Waals surface area contributed by atoms with E-state index in [1.165, 1.54) is 0 Å². The fourth-order valence-corrected chi connectivity index (χ4v) is 1.53. The Balaban J connectivity index is 4.09. The van der Waals surface area contributed by atoms with Crippen molar-refractivity contribution in [2.24, 2.45) is 0 Å². The van der Waals surface area contributed by atoms with Crippen LogP contribution >= 0.6 is 15.9 Å². The summed E-state index contributed by atoms with van der Waals surface area (Å²) in [6.45, 7) is 7.99. The maximum atomic E-state index is 11.7. The topological polar surface area (TPSA) is 20.3 Å². The molecular formula is C10H20BrNO. The summed E-state index contributed by atoms with van der Waals surface area (Å²) >= 11 is 3.39. The lowest BCUT2D eigenvalue weighted by Crippen LogP contribution is -2.37. The number of carbonyl (C=O) groups excluding carboxylic acids is 1. The summed E-state index contributed by atoms with van der Waals surface area (Å²) in [4.78, 5) is 13.7. The zero-order valence-corrected chi connectivity index (χ0v) is 10.4. The Hall–Kier alpha value is -0.0500. The summed E-state index contributed by atoms with van der Waals surface area (Å²) in [6.07, 6.45) is 2.94. The normalized spacial score (nSPS) is 12.6. The lowest BCUT2D eigenvalue weighted by atomic mass is 10.2. The summed E-state index contributed by atoms with van der Waals surface area (Å²) in [7, 11) is 0. The van der Waals surface area contributed by atoms with Gasteiger partial charge in [0.05, 0.1) is 4.83 Å². The van der Waals surface area contributed by atoms with E-state index in [1.807, 2.05) is 11.8 Å². The fourth-order valence-electron chi connectivity index (χ4n) is 1.24. The van der Waals surface area contributed by atoms with Crippen molar-refractivity contribution in [2.45, 2.75) is 44.9 Å². The van der Waals surface area contributed by atoms with Gasteiger partial charge in [0.15, 0.2) is 0 Å². The number of rotatable bonds is 6. The van der Waals surface area contributed by atoms with Gasteiger partial charge in [0.25, 0.3) is 0 Å². The summed E-state index contributed by atoms with van der Waals surface area (Å²) in [6, 6.07) is 0. The Kier molecular flexibility index (Phi) is 7.33. The molecule has 0 aliphatic rings. The molecule has 0 fully saturated rings. The second-order valence-corrected chi connectivity index (χ2v) is 4.31. The van der Waals surface area contributed by atoms with E-state index in [4.69, 9.17) is 0 Å². The van der Waals surface area contributed by atoms with Gasteiger partial charge in [-0.1, -0.05) is 36.7 Å². The second kappa shape index (κ2) is 7.36. The molecule has 3 heteroatoms. The number of hydrogen-bond acceptors (Lipinski definition) is 1. The summed E-state index contributed by atoms with van der Waals surface area (Å²) < 4.78 is 0. The monoisotopic (exact) mass is 249 g/mol. The van der Waals surface area contributed by atoms with E-state index < -0.39 is 0 Å². The third-order valence-corrected chi connectivity index (χ3v) is 2.96. The molecule has 0 saturated carbocycles.